The zero-order valence-corrected chi connectivity index (χ0v) is 13.5. The molecule has 2 aliphatic rings. The van der Waals surface area contributed by atoms with E-state index in [9.17, 15) is 9.59 Å². The van der Waals surface area contributed by atoms with Crippen molar-refractivity contribution < 1.29 is 14.0 Å². The lowest BCUT2D eigenvalue weighted by Crippen LogP contribution is -2.44. The molecule has 1 aromatic heterocycles. The van der Waals surface area contributed by atoms with Gasteiger partial charge in [0.2, 0.25) is 5.78 Å². The lowest BCUT2D eigenvalue weighted by molar-refractivity contribution is -0.115. The number of fused-ring (bicyclic) bond motifs is 2. The number of Topliss-reactive ketones (excluding diaryl/α,β-unsaturated/α-hetero) is 1. The van der Waals surface area contributed by atoms with Crippen molar-refractivity contribution in [3.05, 3.63) is 29.2 Å². The lowest BCUT2D eigenvalue weighted by Gasteiger charge is -2.37. The van der Waals surface area contributed by atoms with Gasteiger partial charge in [-0.25, -0.2) is 0 Å². The first kappa shape index (κ1) is 13.6. The fourth-order valence-corrected chi connectivity index (χ4v) is 4.80. The second-order valence-corrected chi connectivity index (χ2v) is 12.2. The molecule has 0 saturated carbocycles. The molecule has 0 unspecified atom stereocenters. The van der Waals surface area contributed by atoms with Gasteiger partial charge in [0, 0.05) is 12.0 Å². The Morgan fingerprint density at radius 1 is 1.25 bits per heavy atom. The Bertz CT molecular complexity index is 645. The van der Waals surface area contributed by atoms with Crippen LogP contribution in [0.3, 0.4) is 0 Å². The van der Waals surface area contributed by atoms with E-state index in [1.165, 1.54) is 5.19 Å². The summed E-state index contributed by atoms with van der Waals surface area (Å²) >= 11 is 0. The van der Waals surface area contributed by atoms with Gasteiger partial charge >= 0.3 is 0 Å². The van der Waals surface area contributed by atoms with Crippen LogP contribution in [0.15, 0.2) is 22.3 Å². The van der Waals surface area contributed by atoms with Crippen LogP contribution in [0, 0.1) is 5.41 Å². The summed E-state index contributed by atoms with van der Waals surface area (Å²) in [6.07, 6.45) is 5.24. The van der Waals surface area contributed by atoms with Gasteiger partial charge in [0.15, 0.2) is 11.5 Å². The molecule has 2 aliphatic carbocycles. The lowest BCUT2D eigenvalue weighted by atomic mass is 9.65. The first-order chi connectivity index (χ1) is 9.23. The molecular weight excluding hydrogens is 268 g/mol. The highest BCUT2D eigenvalue weighted by Gasteiger charge is 2.47. The number of carbonyl (C=O) groups excluding carboxylic acids is 2. The second-order valence-electron chi connectivity index (χ2n) is 7.18. The van der Waals surface area contributed by atoms with Crippen LogP contribution in [-0.2, 0) is 11.2 Å². The number of allylic oxidation sites excluding steroid dienone is 2. The van der Waals surface area contributed by atoms with Crippen LogP contribution in [0.2, 0.25) is 19.6 Å². The van der Waals surface area contributed by atoms with Gasteiger partial charge in [-0.2, -0.15) is 0 Å². The zero-order valence-electron chi connectivity index (χ0n) is 12.5. The summed E-state index contributed by atoms with van der Waals surface area (Å²) < 4.78 is 5.64. The Morgan fingerprint density at radius 2 is 1.95 bits per heavy atom. The maximum Gasteiger partial charge on any atom is 0.208 e. The highest BCUT2D eigenvalue weighted by Crippen LogP contribution is 2.45. The predicted molar refractivity (Wildman–Crippen MR) is 80.2 cm³/mol. The van der Waals surface area contributed by atoms with Gasteiger partial charge in [-0.15, -0.1) is 0 Å². The zero-order chi connectivity index (χ0) is 14.7. The largest absolute Gasteiger partial charge is 0.461 e. The summed E-state index contributed by atoms with van der Waals surface area (Å²) in [5.41, 5.74) is 1.48. The quantitative estimate of drug-likeness (QED) is 0.747. The van der Waals surface area contributed by atoms with Crippen molar-refractivity contribution in [2.75, 3.05) is 0 Å². The van der Waals surface area contributed by atoms with Crippen LogP contribution >= 0.6 is 0 Å². The van der Waals surface area contributed by atoms with Crippen molar-refractivity contribution >= 4 is 24.8 Å². The maximum atomic E-state index is 12.8. The number of hydrogen-bond donors (Lipinski definition) is 0. The number of hydrogen-bond acceptors (Lipinski definition) is 3. The average molecular weight is 288 g/mol. The molecule has 0 fully saturated rings. The third kappa shape index (κ3) is 1.78. The van der Waals surface area contributed by atoms with Gasteiger partial charge in [-0.3, -0.25) is 9.59 Å². The summed E-state index contributed by atoms with van der Waals surface area (Å²) in [6.45, 7) is 8.69. The van der Waals surface area contributed by atoms with Crippen LogP contribution in [-0.4, -0.2) is 19.6 Å². The molecule has 0 aromatic carbocycles. The van der Waals surface area contributed by atoms with E-state index in [0.717, 1.165) is 11.1 Å². The summed E-state index contributed by atoms with van der Waals surface area (Å²) in [6, 6.07) is 0. The van der Waals surface area contributed by atoms with Crippen LogP contribution in [0.25, 0.3) is 0 Å². The molecule has 106 valence electrons. The predicted octanol–water partition coefficient (Wildman–Crippen LogP) is 2.86. The topological polar surface area (TPSA) is 47.3 Å². The molecule has 0 spiro atoms. The van der Waals surface area contributed by atoms with Crippen molar-refractivity contribution in [1.82, 2.24) is 0 Å². The van der Waals surface area contributed by atoms with E-state index in [1.807, 2.05) is 6.92 Å². The van der Waals surface area contributed by atoms with Gasteiger partial charge in [0.05, 0.1) is 19.8 Å². The highest BCUT2D eigenvalue weighted by molar-refractivity contribution is 6.89. The number of furan rings is 1. The molecule has 4 heteroatoms. The van der Waals surface area contributed by atoms with Gasteiger partial charge in [-0.05, 0) is 36.6 Å². The first-order valence-corrected chi connectivity index (χ1v) is 10.6. The molecule has 1 heterocycles. The Morgan fingerprint density at radius 3 is 2.60 bits per heavy atom. The minimum absolute atomic E-state index is 0.0574. The summed E-state index contributed by atoms with van der Waals surface area (Å²) in [5.74, 6) is 0.741. The molecule has 0 aliphatic heterocycles. The molecule has 0 N–H and O–H groups in total. The van der Waals surface area contributed by atoms with Crippen LogP contribution in [0.5, 0.6) is 0 Å². The van der Waals surface area contributed by atoms with Crippen LogP contribution < -0.4 is 5.19 Å². The third-order valence-corrected chi connectivity index (χ3v) is 6.73. The van der Waals surface area contributed by atoms with Gasteiger partial charge in [-0.1, -0.05) is 19.6 Å². The molecule has 3 rings (SSSR count). The fourth-order valence-electron chi connectivity index (χ4n) is 3.28. The van der Waals surface area contributed by atoms with Crippen LogP contribution in [0.4, 0.5) is 0 Å². The van der Waals surface area contributed by atoms with Gasteiger partial charge in [0.25, 0.3) is 0 Å². The standard InChI is InChI=1S/C16H20O3Si/c1-16-6-5-11(17)7-10(16)8-12-13(20(2,3)4)9-19-14(12)15(16)18/h7,9H,5-6,8H2,1-4H3/t16-/m0/s1. The van der Waals surface area contributed by atoms with E-state index >= 15 is 0 Å². The minimum Gasteiger partial charge on any atom is -0.461 e. The van der Waals surface area contributed by atoms with E-state index in [2.05, 4.69) is 19.6 Å². The second kappa shape index (κ2) is 4.04. The average Bonchev–Trinajstić information content (AvgIpc) is 2.76. The molecule has 1 aromatic rings. The van der Waals surface area contributed by atoms with Crippen molar-refractivity contribution in [2.24, 2.45) is 5.41 Å². The smallest absolute Gasteiger partial charge is 0.208 e. The monoisotopic (exact) mass is 288 g/mol. The molecule has 1 atom stereocenters. The first-order valence-electron chi connectivity index (χ1n) is 7.13. The summed E-state index contributed by atoms with van der Waals surface area (Å²) in [7, 11) is -1.55. The molecule has 20 heavy (non-hydrogen) atoms. The Balaban J connectivity index is 2.18. The number of rotatable bonds is 1. The third-order valence-electron chi connectivity index (χ3n) is 4.69. The maximum absolute atomic E-state index is 12.8. The molecule has 0 amide bonds. The molecule has 0 saturated heterocycles. The van der Waals surface area contributed by atoms with Crippen molar-refractivity contribution in [3.63, 3.8) is 0 Å². The Kier molecular flexibility index (Phi) is 2.74. The molecule has 3 nitrogen and oxygen atoms in total. The van der Waals surface area contributed by atoms with Gasteiger partial charge < -0.3 is 4.42 Å². The number of carbonyl (C=O) groups is 2. The Hall–Kier alpha value is -1.42. The highest BCUT2D eigenvalue weighted by atomic mass is 28.3. The van der Waals surface area contributed by atoms with E-state index in [1.54, 1.807) is 12.3 Å². The molecule has 0 bridgehead atoms. The Labute approximate surface area is 120 Å². The normalized spacial score (nSPS) is 26.1. The van der Waals surface area contributed by atoms with Crippen molar-refractivity contribution in [3.8, 4) is 0 Å². The van der Waals surface area contributed by atoms with Crippen molar-refractivity contribution in [2.45, 2.75) is 45.8 Å². The van der Waals surface area contributed by atoms with E-state index in [0.29, 0.717) is 25.0 Å². The molecular formula is C16H20O3Si. The van der Waals surface area contributed by atoms with E-state index < -0.39 is 13.5 Å². The van der Waals surface area contributed by atoms with Crippen molar-refractivity contribution in [1.29, 1.82) is 0 Å². The summed E-state index contributed by atoms with van der Waals surface area (Å²) in [5, 5.41) is 1.21. The number of ketones is 2. The minimum atomic E-state index is -1.55. The van der Waals surface area contributed by atoms with E-state index in [4.69, 9.17) is 4.42 Å². The summed E-state index contributed by atoms with van der Waals surface area (Å²) in [4.78, 5) is 24.5. The van der Waals surface area contributed by atoms with Gasteiger partial charge in [0.1, 0.15) is 0 Å². The van der Waals surface area contributed by atoms with E-state index in [-0.39, 0.29) is 11.6 Å². The van der Waals surface area contributed by atoms with Crippen LogP contribution in [0.1, 0.15) is 35.9 Å². The fraction of sp³-hybridized carbons (Fsp3) is 0.500. The SMILES string of the molecule is C[C@]12CCC(=O)C=C1Cc1c([Si](C)(C)C)coc1C2=O. The molecule has 0 radical (unpaired) electrons.